The summed E-state index contributed by atoms with van der Waals surface area (Å²) in [4.78, 5) is 20.2. The summed E-state index contributed by atoms with van der Waals surface area (Å²) in [6, 6.07) is 7.45. The van der Waals surface area contributed by atoms with Crippen molar-refractivity contribution in [1.29, 1.82) is 0 Å². The van der Waals surface area contributed by atoms with Crippen LogP contribution in [0.5, 0.6) is 0 Å². The van der Waals surface area contributed by atoms with Crippen LogP contribution in [-0.2, 0) is 18.5 Å². The number of hydrogen-bond acceptors (Lipinski definition) is 4. The fraction of sp³-hybridized carbons (Fsp3) is 0.421. The van der Waals surface area contributed by atoms with E-state index in [9.17, 15) is 4.79 Å². The van der Waals surface area contributed by atoms with Crippen molar-refractivity contribution in [3.05, 3.63) is 53.2 Å². The molecule has 1 amide bonds. The number of aromatic nitrogens is 1. The lowest BCUT2D eigenvalue weighted by molar-refractivity contribution is 0.0963. The van der Waals surface area contributed by atoms with Crippen molar-refractivity contribution < 1.29 is 9.21 Å². The average molecular weight is 357 g/mol. The maximum absolute atomic E-state index is 11.7. The van der Waals surface area contributed by atoms with Gasteiger partial charge in [0.25, 0.3) is 5.91 Å². The van der Waals surface area contributed by atoms with E-state index in [0.29, 0.717) is 30.5 Å². The lowest BCUT2D eigenvalue weighted by Crippen LogP contribution is -2.36. The smallest absolute Gasteiger partial charge is 0.251 e. The monoisotopic (exact) mass is 357 g/mol. The van der Waals surface area contributed by atoms with E-state index in [1.165, 1.54) is 0 Å². The van der Waals surface area contributed by atoms with E-state index >= 15 is 0 Å². The zero-order valence-corrected chi connectivity index (χ0v) is 16.0. The molecule has 7 heteroatoms. The first kappa shape index (κ1) is 19.5. The van der Waals surface area contributed by atoms with Crippen LogP contribution in [0.4, 0.5) is 0 Å². The van der Waals surface area contributed by atoms with Gasteiger partial charge in [-0.1, -0.05) is 32.9 Å². The highest BCUT2D eigenvalue weighted by molar-refractivity contribution is 5.94. The maximum atomic E-state index is 11.7. The number of guanidine groups is 1. The van der Waals surface area contributed by atoms with E-state index < -0.39 is 0 Å². The Morgan fingerprint density at radius 1 is 1.23 bits per heavy atom. The molecule has 0 atom stereocenters. The van der Waals surface area contributed by atoms with Gasteiger partial charge in [-0.3, -0.25) is 9.79 Å². The minimum absolute atomic E-state index is 0.0685. The summed E-state index contributed by atoms with van der Waals surface area (Å²) in [6.07, 6.45) is 1.76. The molecule has 0 spiro atoms. The van der Waals surface area contributed by atoms with Gasteiger partial charge in [-0.15, -0.1) is 0 Å². The number of carbonyl (C=O) groups excluding carboxylic acids is 1. The fourth-order valence-electron chi connectivity index (χ4n) is 2.27. The molecule has 0 bridgehead atoms. The van der Waals surface area contributed by atoms with Crippen LogP contribution in [0.1, 0.15) is 48.3 Å². The number of nitrogens with one attached hydrogen (secondary N) is 3. The summed E-state index contributed by atoms with van der Waals surface area (Å²) >= 11 is 0. The van der Waals surface area contributed by atoms with Crippen LogP contribution in [0.2, 0.25) is 0 Å². The molecule has 1 aromatic heterocycles. The van der Waals surface area contributed by atoms with Crippen molar-refractivity contribution in [3.8, 4) is 0 Å². The quantitative estimate of drug-likeness (QED) is 0.564. The molecular weight excluding hydrogens is 330 g/mol. The molecule has 140 valence electrons. The summed E-state index contributed by atoms with van der Waals surface area (Å²) in [6.45, 7) is 7.23. The number of hydrogen-bond donors (Lipinski definition) is 3. The Labute approximate surface area is 154 Å². The van der Waals surface area contributed by atoms with Crippen molar-refractivity contribution in [2.75, 3.05) is 14.1 Å². The summed E-state index contributed by atoms with van der Waals surface area (Å²) in [5, 5.41) is 9.01. The molecule has 0 unspecified atom stereocenters. The second-order valence-electron chi connectivity index (χ2n) is 6.93. The number of amides is 1. The first-order valence-corrected chi connectivity index (χ1v) is 8.54. The normalized spacial score (nSPS) is 12.0. The van der Waals surface area contributed by atoms with Gasteiger partial charge in [-0.05, 0) is 17.7 Å². The molecule has 3 N–H and O–H groups in total. The van der Waals surface area contributed by atoms with E-state index in [-0.39, 0.29) is 11.3 Å². The average Bonchev–Trinajstić information content (AvgIpc) is 3.11. The van der Waals surface area contributed by atoms with Gasteiger partial charge in [0.1, 0.15) is 5.76 Å². The number of oxazole rings is 1. The van der Waals surface area contributed by atoms with E-state index in [0.717, 1.165) is 11.3 Å². The number of nitrogens with zero attached hydrogens (tertiary/aromatic N) is 2. The van der Waals surface area contributed by atoms with E-state index in [4.69, 9.17) is 4.42 Å². The number of carbonyl (C=O) groups is 1. The third-order valence-electron chi connectivity index (χ3n) is 3.80. The third-order valence-corrected chi connectivity index (χ3v) is 3.80. The molecule has 0 aliphatic carbocycles. The van der Waals surface area contributed by atoms with Crippen molar-refractivity contribution in [2.24, 2.45) is 4.99 Å². The van der Waals surface area contributed by atoms with Crippen molar-refractivity contribution >= 4 is 11.9 Å². The SMILES string of the molecule is CN=C(NCc1cccc(C(=O)NC)c1)NCc1ncc(C(C)(C)C)o1. The summed E-state index contributed by atoms with van der Waals surface area (Å²) in [5.41, 5.74) is 1.55. The zero-order chi connectivity index (χ0) is 19.2. The van der Waals surface area contributed by atoms with E-state index in [1.807, 2.05) is 18.2 Å². The highest BCUT2D eigenvalue weighted by Gasteiger charge is 2.19. The minimum atomic E-state index is -0.104. The summed E-state index contributed by atoms with van der Waals surface area (Å²) < 4.78 is 5.76. The molecule has 0 aliphatic rings. The van der Waals surface area contributed by atoms with Crippen molar-refractivity contribution in [2.45, 2.75) is 39.3 Å². The van der Waals surface area contributed by atoms with Crippen LogP contribution in [-0.4, -0.2) is 30.9 Å². The molecule has 2 aromatic rings. The Balaban J connectivity index is 1.90. The van der Waals surface area contributed by atoms with Gasteiger partial charge in [-0.2, -0.15) is 0 Å². The second kappa shape index (κ2) is 8.51. The van der Waals surface area contributed by atoms with Gasteiger partial charge in [0, 0.05) is 31.6 Å². The highest BCUT2D eigenvalue weighted by atomic mass is 16.4. The Morgan fingerprint density at radius 3 is 2.58 bits per heavy atom. The minimum Gasteiger partial charge on any atom is -0.443 e. The highest BCUT2D eigenvalue weighted by Crippen LogP contribution is 2.22. The molecule has 1 aromatic carbocycles. The van der Waals surface area contributed by atoms with Gasteiger partial charge in [0.15, 0.2) is 5.96 Å². The Morgan fingerprint density at radius 2 is 1.96 bits per heavy atom. The molecule has 0 saturated heterocycles. The molecule has 0 fully saturated rings. The number of rotatable bonds is 5. The second-order valence-corrected chi connectivity index (χ2v) is 6.93. The summed E-state index contributed by atoms with van der Waals surface area (Å²) in [5.74, 6) is 1.99. The van der Waals surface area contributed by atoms with Crippen LogP contribution in [0, 0.1) is 0 Å². The van der Waals surface area contributed by atoms with Crippen LogP contribution < -0.4 is 16.0 Å². The maximum Gasteiger partial charge on any atom is 0.251 e. The lowest BCUT2D eigenvalue weighted by atomic mass is 9.94. The first-order valence-electron chi connectivity index (χ1n) is 8.54. The van der Waals surface area contributed by atoms with Gasteiger partial charge in [-0.25, -0.2) is 4.98 Å². The van der Waals surface area contributed by atoms with Gasteiger partial charge in [0.2, 0.25) is 5.89 Å². The predicted octanol–water partition coefficient (Wildman–Crippen LogP) is 2.20. The van der Waals surface area contributed by atoms with Crippen LogP contribution in [0.15, 0.2) is 39.9 Å². The zero-order valence-electron chi connectivity index (χ0n) is 16.0. The molecule has 0 saturated carbocycles. The lowest BCUT2D eigenvalue weighted by Gasteiger charge is -2.13. The first-order chi connectivity index (χ1) is 12.3. The fourth-order valence-corrected chi connectivity index (χ4v) is 2.27. The molecule has 7 nitrogen and oxygen atoms in total. The van der Waals surface area contributed by atoms with Gasteiger partial charge < -0.3 is 20.4 Å². The Hall–Kier alpha value is -2.83. The molecular formula is C19H27N5O2. The van der Waals surface area contributed by atoms with Crippen LogP contribution >= 0.6 is 0 Å². The standard InChI is InChI=1S/C19H27N5O2/c1-19(2,3)15-11-22-16(26-15)12-24-18(21-5)23-10-13-7-6-8-14(9-13)17(25)20-4/h6-9,11H,10,12H2,1-5H3,(H,20,25)(H2,21,23,24). The predicted molar refractivity (Wildman–Crippen MR) is 102 cm³/mol. The number of aliphatic imine (C=N–C) groups is 1. The van der Waals surface area contributed by atoms with Crippen LogP contribution in [0.25, 0.3) is 0 Å². The Bertz CT molecular complexity index is 774. The van der Waals surface area contributed by atoms with Crippen molar-refractivity contribution in [1.82, 2.24) is 20.9 Å². The Kier molecular flexibility index (Phi) is 6.38. The molecule has 0 aliphatic heterocycles. The third kappa shape index (κ3) is 5.34. The molecule has 0 radical (unpaired) electrons. The van der Waals surface area contributed by atoms with Gasteiger partial charge >= 0.3 is 0 Å². The number of benzene rings is 1. The molecule has 2 rings (SSSR count). The molecule has 26 heavy (non-hydrogen) atoms. The summed E-state index contributed by atoms with van der Waals surface area (Å²) in [7, 11) is 3.32. The van der Waals surface area contributed by atoms with E-state index in [1.54, 1.807) is 26.4 Å². The largest absolute Gasteiger partial charge is 0.443 e. The van der Waals surface area contributed by atoms with Crippen LogP contribution in [0.3, 0.4) is 0 Å². The van der Waals surface area contributed by atoms with Gasteiger partial charge in [0.05, 0.1) is 12.7 Å². The topological polar surface area (TPSA) is 91.5 Å². The van der Waals surface area contributed by atoms with E-state index in [2.05, 4.69) is 46.7 Å². The molecule has 1 heterocycles. The van der Waals surface area contributed by atoms with Crippen molar-refractivity contribution in [3.63, 3.8) is 0 Å².